The number of nitrogens with zero attached hydrogens (tertiary/aromatic N) is 2. The molecule has 2 rings (SSSR count). The number of halogens is 1. The summed E-state index contributed by atoms with van der Waals surface area (Å²) in [7, 11) is -4.10. The van der Waals surface area contributed by atoms with Crippen LogP contribution in [0.1, 0.15) is 5.56 Å². The molecule has 0 spiro atoms. The van der Waals surface area contributed by atoms with E-state index in [4.69, 9.17) is 5.73 Å². The molecule has 1 heterocycles. The van der Waals surface area contributed by atoms with Crippen LogP contribution in [0.15, 0.2) is 35.6 Å². The van der Waals surface area contributed by atoms with Crippen molar-refractivity contribution < 1.29 is 12.8 Å². The van der Waals surface area contributed by atoms with Gasteiger partial charge in [0.15, 0.2) is 5.82 Å². The zero-order valence-corrected chi connectivity index (χ0v) is 10.8. The highest BCUT2D eigenvalue weighted by molar-refractivity contribution is 7.92. The van der Waals surface area contributed by atoms with Crippen molar-refractivity contribution in [3.05, 3.63) is 42.1 Å². The van der Waals surface area contributed by atoms with Crippen molar-refractivity contribution in [1.29, 1.82) is 0 Å². The van der Waals surface area contributed by atoms with Crippen molar-refractivity contribution in [3.8, 4) is 0 Å². The molecule has 0 atom stereocenters. The first-order valence-electron chi connectivity index (χ1n) is 5.24. The molecule has 6 nitrogen and oxygen atoms in total. The van der Waals surface area contributed by atoms with E-state index in [0.717, 1.165) is 6.07 Å². The van der Waals surface area contributed by atoms with E-state index in [0.29, 0.717) is 0 Å². The Bertz CT molecular complexity index is 704. The molecule has 1 aromatic carbocycles. The number of benzene rings is 1. The lowest BCUT2D eigenvalue weighted by Crippen LogP contribution is -2.16. The third kappa shape index (κ3) is 2.79. The highest BCUT2D eigenvalue weighted by atomic mass is 32.2. The van der Waals surface area contributed by atoms with Gasteiger partial charge in [-0.15, -0.1) is 0 Å². The maximum atomic E-state index is 13.9. The normalized spacial score (nSPS) is 11.3. The topological polar surface area (TPSA) is 98.0 Å². The smallest absolute Gasteiger partial charge is 0.266 e. The van der Waals surface area contributed by atoms with Crippen LogP contribution in [0.5, 0.6) is 0 Å². The molecule has 0 radical (unpaired) electrons. The molecule has 0 aliphatic heterocycles. The van der Waals surface area contributed by atoms with Crippen LogP contribution in [0.2, 0.25) is 0 Å². The quantitative estimate of drug-likeness (QED) is 0.827. The molecular formula is C11H11FN4O2S. The van der Waals surface area contributed by atoms with Crippen LogP contribution in [0.25, 0.3) is 0 Å². The van der Waals surface area contributed by atoms with Gasteiger partial charge in [-0.2, -0.15) is 0 Å². The Morgan fingerprint density at radius 2 is 2.05 bits per heavy atom. The van der Waals surface area contributed by atoms with E-state index in [1.807, 2.05) is 0 Å². The van der Waals surface area contributed by atoms with Crippen molar-refractivity contribution >= 4 is 21.5 Å². The number of hydrogen-bond donors (Lipinski definition) is 2. The second-order valence-electron chi connectivity index (χ2n) is 3.85. The van der Waals surface area contributed by atoms with Gasteiger partial charge in [-0.25, -0.2) is 17.8 Å². The molecule has 100 valence electrons. The fraction of sp³-hybridized carbons (Fsp3) is 0.0909. The standard InChI is InChI=1S/C11H11FN4O2S/c1-7-4-8(13)5-9(11(7)12)19(17,18)16-10-6-14-2-3-15-10/h2-6H,13H2,1H3,(H,15,16). The van der Waals surface area contributed by atoms with Crippen LogP contribution < -0.4 is 10.5 Å². The number of nitrogens with two attached hydrogens (primary N) is 1. The molecule has 0 amide bonds. The second-order valence-corrected chi connectivity index (χ2v) is 5.50. The first-order valence-corrected chi connectivity index (χ1v) is 6.73. The number of anilines is 2. The fourth-order valence-electron chi connectivity index (χ4n) is 1.50. The van der Waals surface area contributed by atoms with Crippen molar-refractivity contribution in [2.45, 2.75) is 11.8 Å². The third-order valence-electron chi connectivity index (χ3n) is 2.34. The molecular weight excluding hydrogens is 271 g/mol. The van der Waals surface area contributed by atoms with E-state index in [1.165, 1.54) is 31.6 Å². The number of sulfonamides is 1. The van der Waals surface area contributed by atoms with E-state index in [9.17, 15) is 12.8 Å². The van der Waals surface area contributed by atoms with Crippen LogP contribution >= 0.6 is 0 Å². The molecule has 0 saturated heterocycles. The van der Waals surface area contributed by atoms with Gasteiger partial charge in [0.2, 0.25) is 0 Å². The third-order valence-corrected chi connectivity index (χ3v) is 3.69. The van der Waals surface area contributed by atoms with E-state index >= 15 is 0 Å². The zero-order chi connectivity index (χ0) is 14.0. The van der Waals surface area contributed by atoms with E-state index in [1.54, 1.807) is 0 Å². The minimum absolute atomic E-state index is 0.00183. The molecule has 1 aromatic heterocycles. The number of aryl methyl sites for hydroxylation is 1. The average Bonchev–Trinajstić information content (AvgIpc) is 2.34. The summed E-state index contributed by atoms with van der Waals surface area (Å²) in [4.78, 5) is 6.95. The van der Waals surface area contributed by atoms with Crippen molar-refractivity contribution in [1.82, 2.24) is 9.97 Å². The predicted molar refractivity (Wildman–Crippen MR) is 68.4 cm³/mol. The Kier molecular flexibility index (Phi) is 3.34. The lowest BCUT2D eigenvalue weighted by Gasteiger charge is -2.10. The average molecular weight is 282 g/mol. The molecule has 3 N–H and O–H groups in total. The Morgan fingerprint density at radius 3 is 2.68 bits per heavy atom. The SMILES string of the molecule is Cc1cc(N)cc(S(=O)(=O)Nc2cnccn2)c1F. The minimum Gasteiger partial charge on any atom is -0.399 e. The number of nitrogen functional groups attached to an aromatic ring is 1. The van der Waals surface area contributed by atoms with Gasteiger partial charge in [-0.05, 0) is 24.6 Å². The summed E-state index contributed by atoms with van der Waals surface area (Å²) in [5.41, 5.74) is 5.85. The second kappa shape index (κ2) is 4.81. The molecule has 2 aromatic rings. The summed E-state index contributed by atoms with van der Waals surface area (Å²) in [6.45, 7) is 1.44. The monoisotopic (exact) mass is 282 g/mol. The molecule has 0 saturated carbocycles. The van der Waals surface area contributed by atoms with Gasteiger partial charge in [-0.1, -0.05) is 0 Å². The maximum absolute atomic E-state index is 13.9. The Morgan fingerprint density at radius 1 is 1.32 bits per heavy atom. The minimum atomic E-state index is -4.10. The summed E-state index contributed by atoms with van der Waals surface area (Å²) in [6, 6.07) is 2.41. The Balaban J connectivity index is 2.46. The van der Waals surface area contributed by atoms with Crippen LogP contribution in [-0.2, 0) is 10.0 Å². The highest BCUT2D eigenvalue weighted by Crippen LogP contribution is 2.23. The Hall–Kier alpha value is -2.22. The van der Waals surface area contributed by atoms with Crippen molar-refractivity contribution in [3.63, 3.8) is 0 Å². The van der Waals surface area contributed by atoms with Gasteiger partial charge in [0.25, 0.3) is 10.0 Å². The molecule has 8 heteroatoms. The van der Waals surface area contributed by atoms with Crippen molar-refractivity contribution in [2.24, 2.45) is 0 Å². The number of aromatic nitrogens is 2. The molecule has 0 aliphatic rings. The first-order chi connectivity index (χ1) is 8.90. The number of rotatable bonds is 3. The van der Waals surface area contributed by atoms with Gasteiger partial charge in [-0.3, -0.25) is 9.71 Å². The van der Waals surface area contributed by atoms with Crippen LogP contribution in [0.3, 0.4) is 0 Å². The van der Waals surface area contributed by atoms with E-state index in [2.05, 4.69) is 14.7 Å². The van der Waals surface area contributed by atoms with Gasteiger partial charge in [0.05, 0.1) is 6.20 Å². The van der Waals surface area contributed by atoms with E-state index in [-0.39, 0.29) is 17.1 Å². The van der Waals surface area contributed by atoms with Crippen LogP contribution in [-0.4, -0.2) is 18.4 Å². The number of hydrogen-bond acceptors (Lipinski definition) is 5. The fourth-order valence-corrected chi connectivity index (χ4v) is 2.68. The summed E-state index contributed by atoms with van der Waals surface area (Å²) >= 11 is 0. The van der Waals surface area contributed by atoms with Gasteiger partial charge >= 0.3 is 0 Å². The van der Waals surface area contributed by atoms with Gasteiger partial charge in [0.1, 0.15) is 10.7 Å². The number of nitrogens with one attached hydrogen (secondary N) is 1. The summed E-state index contributed by atoms with van der Waals surface area (Å²) < 4.78 is 40.1. The largest absolute Gasteiger partial charge is 0.399 e. The van der Waals surface area contributed by atoms with Gasteiger partial charge in [0, 0.05) is 18.1 Å². The van der Waals surface area contributed by atoms with Crippen molar-refractivity contribution in [2.75, 3.05) is 10.5 Å². The molecule has 0 bridgehead atoms. The summed E-state index contributed by atoms with van der Waals surface area (Å²) in [5.74, 6) is -0.840. The lowest BCUT2D eigenvalue weighted by atomic mass is 10.2. The lowest BCUT2D eigenvalue weighted by molar-refractivity contribution is 0.565. The predicted octanol–water partition coefficient (Wildman–Crippen LogP) is 1.31. The molecule has 0 unspecified atom stereocenters. The summed E-state index contributed by atoms with van der Waals surface area (Å²) in [6.07, 6.45) is 3.93. The first kappa shape index (κ1) is 13.2. The van der Waals surface area contributed by atoms with E-state index < -0.39 is 20.7 Å². The molecule has 19 heavy (non-hydrogen) atoms. The maximum Gasteiger partial charge on any atom is 0.266 e. The zero-order valence-electron chi connectivity index (χ0n) is 9.96. The van der Waals surface area contributed by atoms with Crippen LogP contribution in [0, 0.1) is 12.7 Å². The van der Waals surface area contributed by atoms with Crippen LogP contribution in [0.4, 0.5) is 15.9 Å². The molecule has 0 fully saturated rings. The molecule has 0 aliphatic carbocycles. The Labute approximate surface area is 109 Å². The summed E-state index contributed by atoms with van der Waals surface area (Å²) in [5, 5.41) is 0. The highest BCUT2D eigenvalue weighted by Gasteiger charge is 2.21. The van der Waals surface area contributed by atoms with Gasteiger partial charge < -0.3 is 5.73 Å².